The Morgan fingerprint density at radius 3 is 3.20 bits per heavy atom. The second-order valence-corrected chi connectivity index (χ2v) is 5.46. The van der Waals surface area contributed by atoms with E-state index in [1.165, 1.54) is 0 Å². The number of morpholine rings is 1. The first-order chi connectivity index (χ1) is 9.65. The average Bonchev–Trinajstić information content (AvgIpc) is 2.92. The Morgan fingerprint density at radius 2 is 2.50 bits per heavy atom. The number of carbonyl (C=O) groups excluding carboxylic acids is 1. The lowest BCUT2D eigenvalue weighted by Crippen LogP contribution is -2.47. The van der Waals surface area contributed by atoms with Gasteiger partial charge in [0.15, 0.2) is 0 Å². The largest absolute Gasteiger partial charge is 0.375 e. The number of H-pyrrole nitrogens is 1. The van der Waals surface area contributed by atoms with Crippen LogP contribution in [-0.4, -0.2) is 59.2 Å². The molecule has 0 aliphatic carbocycles. The maximum atomic E-state index is 11.9. The Kier molecular flexibility index (Phi) is 5.55. The third-order valence-electron chi connectivity index (χ3n) is 3.58. The molecule has 1 aliphatic heterocycles. The number of aromatic amines is 1. The van der Waals surface area contributed by atoms with Gasteiger partial charge in [-0.1, -0.05) is 0 Å². The van der Waals surface area contributed by atoms with Crippen molar-refractivity contribution in [2.24, 2.45) is 0 Å². The fourth-order valence-corrected chi connectivity index (χ4v) is 2.37. The molecule has 2 rings (SSSR count). The molecular formula is C14H24N4O2. The summed E-state index contributed by atoms with van der Waals surface area (Å²) in [6, 6.07) is 0.504. The molecule has 1 amide bonds. The highest BCUT2D eigenvalue weighted by Crippen LogP contribution is 2.11. The number of rotatable bonds is 6. The van der Waals surface area contributed by atoms with Gasteiger partial charge < -0.3 is 15.0 Å². The van der Waals surface area contributed by atoms with E-state index >= 15 is 0 Å². The van der Waals surface area contributed by atoms with Gasteiger partial charge in [0.05, 0.1) is 25.5 Å². The molecule has 0 aromatic carbocycles. The molecule has 1 aromatic rings. The van der Waals surface area contributed by atoms with Gasteiger partial charge in [-0.15, -0.1) is 0 Å². The molecule has 6 heteroatoms. The molecule has 0 bridgehead atoms. The molecule has 6 nitrogen and oxygen atoms in total. The lowest BCUT2D eigenvalue weighted by atomic mass is 10.1. The third-order valence-corrected chi connectivity index (χ3v) is 3.58. The predicted octanol–water partition coefficient (Wildman–Crippen LogP) is 0.568. The summed E-state index contributed by atoms with van der Waals surface area (Å²) >= 11 is 0. The molecule has 1 aliphatic rings. The number of nitrogens with one attached hydrogen (secondary N) is 2. The second kappa shape index (κ2) is 7.40. The number of aromatic nitrogens is 2. The van der Waals surface area contributed by atoms with Crippen LogP contribution in [0.2, 0.25) is 0 Å². The number of carbonyl (C=O) groups is 1. The summed E-state index contributed by atoms with van der Waals surface area (Å²) in [6.07, 6.45) is 4.64. The minimum absolute atomic E-state index is 0.0123. The number of ether oxygens (including phenoxy) is 1. The molecule has 20 heavy (non-hydrogen) atoms. The van der Waals surface area contributed by atoms with E-state index in [2.05, 4.69) is 34.0 Å². The molecule has 1 saturated heterocycles. The van der Waals surface area contributed by atoms with Crippen LogP contribution in [0, 0.1) is 0 Å². The van der Waals surface area contributed by atoms with E-state index < -0.39 is 0 Å². The highest BCUT2D eigenvalue weighted by atomic mass is 16.5. The summed E-state index contributed by atoms with van der Waals surface area (Å²) in [5, 5.41) is 2.93. The first-order valence-electron chi connectivity index (χ1n) is 7.24. The van der Waals surface area contributed by atoms with Crippen molar-refractivity contribution in [2.75, 3.05) is 26.2 Å². The lowest BCUT2D eigenvalue weighted by molar-refractivity contribution is -0.126. The second-order valence-electron chi connectivity index (χ2n) is 5.46. The molecule has 1 fully saturated rings. The molecular weight excluding hydrogens is 256 g/mol. The van der Waals surface area contributed by atoms with Gasteiger partial charge in [0, 0.05) is 44.0 Å². The van der Waals surface area contributed by atoms with E-state index in [0.717, 1.165) is 25.2 Å². The fourth-order valence-electron chi connectivity index (χ4n) is 2.37. The van der Waals surface area contributed by atoms with Crippen LogP contribution in [0.25, 0.3) is 0 Å². The van der Waals surface area contributed by atoms with Crippen LogP contribution in [0.15, 0.2) is 12.5 Å². The van der Waals surface area contributed by atoms with Crippen LogP contribution in [0.1, 0.15) is 26.0 Å². The minimum Gasteiger partial charge on any atom is -0.375 e. The van der Waals surface area contributed by atoms with Crippen LogP contribution in [0.3, 0.4) is 0 Å². The van der Waals surface area contributed by atoms with Crippen LogP contribution >= 0.6 is 0 Å². The first kappa shape index (κ1) is 15.0. The van der Waals surface area contributed by atoms with Crippen molar-refractivity contribution in [3.05, 3.63) is 18.2 Å². The summed E-state index contributed by atoms with van der Waals surface area (Å²) in [5.74, 6) is 0.0557. The van der Waals surface area contributed by atoms with Gasteiger partial charge in [-0.25, -0.2) is 4.98 Å². The molecule has 2 N–H and O–H groups in total. The minimum atomic E-state index is 0.0123. The number of hydrogen-bond donors (Lipinski definition) is 2. The molecule has 1 aromatic heterocycles. The first-order valence-corrected chi connectivity index (χ1v) is 7.24. The van der Waals surface area contributed by atoms with Crippen molar-refractivity contribution >= 4 is 5.91 Å². The number of amides is 1. The molecule has 1 atom stereocenters. The van der Waals surface area contributed by atoms with Crippen molar-refractivity contribution in [2.45, 2.75) is 38.8 Å². The van der Waals surface area contributed by atoms with E-state index in [1.54, 1.807) is 12.5 Å². The van der Waals surface area contributed by atoms with Crippen molar-refractivity contribution in [1.82, 2.24) is 20.2 Å². The monoisotopic (exact) mass is 280 g/mol. The van der Waals surface area contributed by atoms with Crippen LogP contribution in [-0.2, 0) is 16.0 Å². The zero-order chi connectivity index (χ0) is 14.4. The smallest absolute Gasteiger partial charge is 0.222 e. The Labute approximate surface area is 119 Å². The van der Waals surface area contributed by atoms with Crippen molar-refractivity contribution < 1.29 is 9.53 Å². The fraction of sp³-hybridized carbons (Fsp3) is 0.714. The van der Waals surface area contributed by atoms with Crippen LogP contribution in [0.4, 0.5) is 0 Å². The Balaban J connectivity index is 1.66. The summed E-state index contributed by atoms with van der Waals surface area (Å²) in [7, 11) is 0. The van der Waals surface area contributed by atoms with Gasteiger partial charge in [-0.2, -0.15) is 0 Å². The van der Waals surface area contributed by atoms with Gasteiger partial charge in [0.1, 0.15) is 0 Å². The van der Waals surface area contributed by atoms with E-state index in [0.29, 0.717) is 25.6 Å². The highest BCUT2D eigenvalue weighted by molar-refractivity contribution is 5.76. The summed E-state index contributed by atoms with van der Waals surface area (Å²) in [4.78, 5) is 21.2. The lowest BCUT2D eigenvalue weighted by Gasteiger charge is -2.35. The summed E-state index contributed by atoms with van der Waals surface area (Å²) < 4.78 is 5.66. The van der Waals surface area contributed by atoms with E-state index in [4.69, 9.17) is 4.74 Å². The molecule has 2 heterocycles. The van der Waals surface area contributed by atoms with Crippen molar-refractivity contribution in [3.63, 3.8) is 0 Å². The SMILES string of the molecule is CC(C)N1CCOC(CC(=O)NCCc2cnc[nH]2)C1. The average molecular weight is 280 g/mol. The van der Waals surface area contributed by atoms with Crippen LogP contribution < -0.4 is 5.32 Å². The quantitative estimate of drug-likeness (QED) is 0.799. The third kappa shape index (κ3) is 4.61. The maximum absolute atomic E-state index is 11.9. The Hall–Kier alpha value is -1.40. The summed E-state index contributed by atoms with van der Waals surface area (Å²) in [5.41, 5.74) is 1.03. The molecule has 0 spiro atoms. The van der Waals surface area contributed by atoms with Crippen LogP contribution in [0.5, 0.6) is 0 Å². The Morgan fingerprint density at radius 1 is 1.65 bits per heavy atom. The van der Waals surface area contributed by atoms with Gasteiger partial charge in [0.25, 0.3) is 0 Å². The zero-order valence-electron chi connectivity index (χ0n) is 12.3. The topological polar surface area (TPSA) is 70.2 Å². The van der Waals surface area contributed by atoms with E-state index in [9.17, 15) is 4.79 Å². The molecule has 1 unspecified atom stereocenters. The molecule has 0 radical (unpaired) electrons. The van der Waals surface area contributed by atoms with Crippen molar-refractivity contribution in [1.29, 1.82) is 0 Å². The Bertz CT molecular complexity index is 405. The predicted molar refractivity (Wildman–Crippen MR) is 76.4 cm³/mol. The van der Waals surface area contributed by atoms with Gasteiger partial charge in [-0.3, -0.25) is 9.69 Å². The molecule has 112 valence electrons. The van der Waals surface area contributed by atoms with E-state index in [1.807, 2.05) is 0 Å². The number of hydrogen-bond acceptors (Lipinski definition) is 4. The van der Waals surface area contributed by atoms with E-state index in [-0.39, 0.29) is 12.0 Å². The maximum Gasteiger partial charge on any atom is 0.222 e. The zero-order valence-corrected chi connectivity index (χ0v) is 12.3. The van der Waals surface area contributed by atoms with Gasteiger partial charge in [-0.05, 0) is 13.8 Å². The number of nitrogens with zero attached hydrogens (tertiary/aromatic N) is 2. The highest BCUT2D eigenvalue weighted by Gasteiger charge is 2.24. The van der Waals surface area contributed by atoms with Crippen molar-refractivity contribution in [3.8, 4) is 0 Å². The molecule has 0 saturated carbocycles. The van der Waals surface area contributed by atoms with Gasteiger partial charge in [0.2, 0.25) is 5.91 Å². The summed E-state index contributed by atoms with van der Waals surface area (Å²) in [6.45, 7) is 7.48. The number of imidazole rings is 1. The normalized spacial score (nSPS) is 20.2. The standard InChI is InChI=1S/C14H24N4O2/c1-11(2)18-5-6-20-13(9-18)7-14(19)16-4-3-12-8-15-10-17-12/h8,10-11,13H,3-7,9H2,1-2H3,(H,15,17)(H,16,19). The van der Waals surface area contributed by atoms with Gasteiger partial charge >= 0.3 is 0 Å².